The molecule has 0 atom stereocenters. The zero-order valence-electron chi connectivity index (χ0n) is 10.2. The third-order valence-corrected chi connectivity index (χ3v) is 2.93. The summed E-state index contributed by atoms with van der Waals surface area (Å²) in [6.45, 7) is -0.779. The van der Waals surface area contributed by atoms with Gasteiger partial charge >= 0.3 is 12.4 Å². The summed E-state index contributed by atoms with van der Waals surface area (Å²) in [5, 5.41) is 0. The van der Waals surface area contributed by atoms with E-state index in [2.05, 4.69) is 4.98 Å². The third-order valence-electron chi connectivity index (χ3n) is 2.93. The normalized spacial score (nSPS) is 19.6. The zero-order valence-corrected chi connectivity index (χ0v) is 10.2. The van der Waals surface area contributed by atoms with E-state index in [-0.39, 0.29) is 13.1 Å². The van der Waals surface area contributed by atoms with Gasteiger partial charge in [0.25, 0.3) is 0 Å². The van der Waals surface area contributed by atoms with Crippen LogP contribution in [0.25, 0.3) is 0 Å². The summed E-state index contributed by atoms with van der Waals surface area (Å²) in [7, 11) is 1.48. The minimum absolute atomic E-state index is 0.390. The van der Waals surface area contributed by atoms with Crippen LogP contribution in [0.4, 0.5) is 26.3 Å². The van der Waals surface area contributed by atoms with Crippen molar-refractivity contribution in [3.8, 4) is 5.88 Å². The Hall–Kier alpha value is -1.51. The van der Waals surface area contributed by atoms with Crippen LogP contribution >= 0.6 is 0 Å². The second-order valence-electron chi connectivity index (χ2n) is 4.65. The lowest BCUT2D eigenvalue weighted by Gasteiger charge is -2.48. The number of rotatable bonds is 2. The van der Waals surface area contributed by atoms with E-state index in [0.29, 0.717) is 12.3 Å². The van der Waals surface area contributed by atoms with Crippen molar-refractivity contribution in [2.24, 2.45) is 0 Å². The van der Waals surface area contributed by atoms with Crippen LogP contribution in [0.15, 0.2) is 18.3 Å². The van der Waals surface area contributed by atoms with Crippen molar-refractivity contribution in [3.63, 3.8) is 0 Å². The first kappa shape index (κ1) is 14.9. The Morgan fingerprint density at radius 1 is 1.15 bits per heavy atom. The number of alkyl halides is 6. The highest BCUT2D eigenvalue weighted by molar-refractivity contribution is 5.22. The number of likely N-dealkylation sites (N-methyl/N-ethyl adjacent to an activating group) is 1. The summed E-state index contributed by atoms with van der Waals surface area (Å²) in [5.74, 6) is -0.483. The van der Waals surface area contributed by atoms with E-state index < -0.39 is 29.4 Å². The fraction of sp³-hybridized carbons (Fsp3) is 0.545. The first-order chi connectivity index (χ1) is 9.03. The number of halogens is 6. The van der Waals surface area contributed by atoms with Gasteiger partial charge in [-0.2, -0.15) is 26.3 Å². The summed E-state index contributed by atoms with van der Waals surface area (Å²) in [5.41, 5.74) is -3.45. The maximum absolute atomic E-state index is 12.9. The van der Waals surface area contributed by atoms with Crippen LogP contribution in [0.2, 0.25) is 0 Å². The van der Waals surface area contributed by atoms with Gasteiger partial charge in [-0.1, -0.05) is 0 Å². The van der Waals surface area contributed by atoms with Gasteiger partial charge in [-0.25, -0.2) is 4.98 Å². The van der Waals surface area contributed by atoms with Crippen LogP contribution in [-0.2, 0) is 6.18 Å². The summed E-state index contributed by atoms with van der Waals surface area (Å²) in [6.07, 6.45) is -8.77. The van der Waals surface area contributed by atoms with E-state index in [1.165, 1.54) is 11.9 Å². The van der Waals surface area contributed by atoms with E-state index in [9.17, 15) is 26.3 Å². The first-order valence-electron chi connectivity index (χ1n) is 5.51. The Balaban J connectivity index is 2.17. The van der Waals surface area contributed by atoms with E-state index in [4.69, 9.17) is 4.74 Å². The highest BCUT2D eigenvalue weighted by atomic mass is 19.4. The van der Waals surface area contributed by atoms with E-state index in [1.54, 1.807) is 0 Å². The molecule has 3 nitrogen and oxygen atoms in total. The van der Waals surface area contributed by atoms with Gasteiger partial charge in [0.05, 0.1) is 5.56 Å². The quantitative estimate of drug-likeness (QED) is 0.785. The van der Waals surface area contributed by atoms with Gasteiger partial charge in [0.15, 0.2) is 0 Å². The largest absolute Gasteiger partial charge is 0.459 e. The Morgan fingerprint density at radius 3 is 2.10 bits per heavy atom. The molecule has 0 amide bonds. The van der Waals surface area contributed by atoms with Crippen molar-refractivity contribution in [1.29, 1.82) is 0 Å². The molecule has 1 saturated heterocycles. The van der Waals surface area contributed by atoms with Crippen molar-refractivity contribution < 1.29 is 31.1 Å². The second-order valence-corrected chi connectivity index (χ2v) is 4.65. The number of hydrogen-bond acceptors (Lipinski definition) is 3. The van der Waals surface area contributed by atoms with E-state index in [0.717, 1.165) is 6.07 Å². The molecule has 20 heavy (non-hydrogen) atoms. The molecule has 9 heteroatoms. The molecule has 0 radical (unpaired) electrons. The molecular weight excluding hydrogens is 290 g/mol. The minimum atomic E-state index is -4.62. The van der Waals surface area contributed by atoms with Crippen LogP contribution in [0.5, 0.6) is 5.88 Å². The predicted octanol–water partition coefficient (Wildman–Crippen LogP) is 2.73. The molecule has 112 valence electrons. The molecular formula is C11H10F6N2O. The summed E-state index contributed by atoms with van der Waals surface area (Å²) in [6, 6.07) is 1.42. The summed E-state index contributed by atoms with van der Waals surface area (Å²) in [4.78, 5) is 4.68. The maximum Gasteiger partial charge on any atom is 0.430 e. The Kier molecular flexibility index (Phi) is 3.35. The lowest BCUT2D eigenvalue weighted by Crippen LogP contribution is -2.71. The number of ether oxygens (including phenoxy) is 1. The fourth-order valence-corrected chi connectivity index (χ4v) is 1.94. The van der Waals surface area contributed by atoms with Crippen LogP contribution < -0.4 is 4.74 Å². The first-order valence-corrected chi connectivity index (χ1v) is 5.51. The zero-order chi connectivity index (χ0) is 15.2. The molecule has 1 aliphatic rings. The third kappa shape index (κ3) is 2.67. The Morgan fingerprint density at radius 2 is 1.75 bits per heavy atom. The van der Waals surface area contributed by atoms with Gasteiger partial charge in [0.2, 0.25) is 11.5 Å². The van der Waals surface area contributed by atoms with Crippen LogP contribution in [0.1, 0.15) is 5.56 Å². The smallest absolute Gasteiger partial charge is 0.430 e. The van der Waals surface area contributed by atoms with Crippen molar-refractivity contribution in [2.45, 2.75) is 18.0 Å². The van der Waals surface area contributed by atoms with Crippen molar-refractivity contribution >= 4 is 0 Å². The number of likely N-dealkylation sites (tertiary alicyclic amines) is 1. The highest BCUT2D eigenvalue weighted by Gasteiger charge is 2.63. The second kappa shape index (κ2) is 4.51. The fourth-order valence-electron chi connectivity index (χ4n) is 1.94. The molecule has 0 saturated carbocycles. The Labute approximate surface area is 110 Å². The molecule has 0 aliphatic carbocycles. The monoisotopic (exact) mass is 300 g/mol. The van der Waals surface area contributed by atoms with Crippen molar-refractivity contribution in [1.82, 2.24) is 9.88 Å². The summed E-state index contributed by atoms with van der Waals surface area (Å²) >= 11 is 0. The van der Waals surface area contributed by atoms with E-state index >= 15 is 0 Å². The molecule has 2 heterocycles. The standard InChI is InChI=1S/C11H10F6N2O/c1-19-5-9(6-19,11(15,16)17)20-8-3-2-7(4-18-8)10(12,13)14/h2-4H,5-6H2,1H3. The number of aromatic nitrogens is 1. The minimum Gasteiger partial charge on any atom is -0.459 e. The molecule has 1 aromatic heterocycles. The van der Waals surface area contributed by atoms with Gasteiger partial charge in [0, 0.05) is 25.4 Å². The molecule has 0 aromatic carbocycles. The lowest BCUT2D eigenvalue weighted by atomic mass is 9.94. The van der Waals surface area contributed by atoms with Gasteiger partial charge in [-0.05, 0) is 13.1 Å². The molecule has 0 N–H and O–H groups in total. The number of nitrogens with zero attached hydrogens (tertiary/aromatic N) is 2. The average Bonchev–Trinajstić information content (AvgIpc) is 2.24. The average molecular weight is 300 g/mol. The molecule has 0 spiro atoms. The SMILES string of the molecule is CN1CC(Oc2ccc(C(F)(F)F)cn2)(C(F)(F)F)C1. The van der Waals surface area contributed by atoms with Crippen molar-refractivity contribution in [3.05, 3.63) is 23.9 Å². The molecule has 0 bridgehead atoms. The lowest BCUT2D eigenvalue weighted by molar-refractivity contribution is -0.287. The van der Waals surface area contributed by atoms with Crippen LogP contribution in [-0.4, -0.2) is 41.8 Å². The highest BCUT2D eigenvalue weighted by Crippen LogP contribution is 2.40. The van der Waals surface area contributed by atoms with Crippen LogP contribution in [0, 0.1) is 0 Å². The predicted molar refractivity (Wildman–Crippen MR) is 56.2 cm³/mol. The van der Waals surface area contributed by atoms with Gasteiger partial charge < -0.3 is 4.74 Å². The topological polar surface area (TPSA) is 25.4 Å². The van der Waals surface area contributed by atoms with Crippen LogP contribution in [0.3, 0.4) is 0 Å². The molecule has 0 unspecified atom stereocenters. The molecule has 2 rings (SSSR count). The number of pyridine rings is 1. The van der Waals surface area contributed by atoms with Gasteiger partial charge in [-0.3, -0.25) is 4.90 Å². The maximum atomic E-state index is 12.9. The van der Waals surface area contributed by atoms with E-state index in [1.807, 2.05) is 0 Å². The molecule has 1 aromatic rings. The molecule has 1 fully saturated rings. The van der Waals surface area contributed by atoms with Gasteiger partial charge in [0.1, 0.15) is 0 Å². The Bertz CT molecular complexity index is 475. The number of hydrogen-bond donors (Lipinski definition) is 0. The van der Waals surface area contributed by atoms with Gasteiger partial charge in [-0.15, -0.1) is 0 Å². The van der Waals surface area contributed by atoms with Crippen molar-refractivity contribution in [2.75, 3.05) is 20.1 Å². The summed E-state index contributed by atoms with van der Waals surface area (Å²) < 4.78 is 80.5. The molecule has 1 aliphatic heterocycles.